The van der Waals surface area contributed by atoms with Gasteiger partial charge in [-0.1, -0.05) is 60.7 Å². The number of carboxylic acids is 1. The van der Waals surface area contributed by atoms with Crippen molar-refractivity contribution in [3.8, 4) is 11.1 Å². The third-order valence-corrected chi connectivity index (χ3v) is 7.02. The van der Waals surface area contributed by atoms with Gasteiger partial charge in [-0.2, -0.15) is 11.8 Å². The average Bonchev–Trinajstić information content (AvgIpc) is 3.43. The molecule has 0 aliphatic heterocycles. The first-order valence-corrected chi connectivity index (χ1v) is 12.5. The van der Waals surface area contributed by atoms with Crippen molar-refractivity contribution in [1.29, 1.82) is 0 Å². The van der Waals surface area contributed by atoms with Gasteiger partial charge in [0.1, 0.15) is 18.2 Å². The maximum atomic E-state index is 12.5. The van der Waals surface area contributed by atoms with Gasteiger partial charge in [-0.25, -0.2) is 14.6 Å². The molecule has 1 unspecified atom stereocenters. The fourth-order valence-electron chi connectivity index (χ4n) is 4.38. The second-order valence-electron chi connectivity index (χ2n) is 8.28. The molecule has 1 aromatic heterocycles. The molecule has 1 heterocycles. The Morgan fingerprint density at radius 1 is 1.00 bits per heavy atom. The van der Waals surface area contributed by atoms with Crippen molar-refractivity contribution in [2.75, 3.05) is 12.4 Å². The molecule has 2 N–H and O–H groups in total. The first-order chi connectivity index (χ1) is 17.1. The van der Waals surface area contributed by atoms with Gasteiger partial charge in [0.05, 0.1) is 5.75 Å². The van der Waals surface area contributed by atoms with E-state index in [0.717, 1.165) is 33.4 Å². The predicted molar refractivity (Wildman–Crippen MR) is 134 cm³/mol. The molecule has 1 atom stereocenters. The third-order valence-electron chi connectivity index (χ3n) is 6.05. The Bertz CT molecular complexity index is 1290. The summed E-state index contributed by atoms with van der Waals surface area (Å²) < 4.78 is 11.2. The number of thioether (sulfide) groups is 1. The minimum atomic E-state index is -1.10. The van der Waals surface area contributed by atoms with Crippen LogP contribution in [0, 0.1) is 0 Å². The number of benzene rings is 3. The Morgan fingerprint density at radius 2 is 1.66 bits per heavy atom. The fraction of sp³-hybridized carbons (Fsp3) is 0.222. The number of alkyl carbamates (subject to hydrolysis) is 1. The number of aliphatic carboxylic acids is 1. The van der Waals surface area contributed by atoms with Crippen molar-refractivity contribution in [2.24, 2.45) is 0 Å². The van der Waals surface area contributed by atoms with Crippen LogP contribution in [0.2, 0.25) is 0 Å². The monoisotopic (exact) mass is 488 g/mol. The highest BCUT2D eigenvalue weighted by atomic mass is 32.2. The highest BCUT2D eigenvalue weighted by molar-refractivity contribution is 7.98. The van der Waals surface area contributed by atoms with Crippen molar-refractivity contribution in [1.82, 2.24) is 10.3 Å². The maximum absolute atomic E-state index is 12.5. The molecule has 178 valence electrons. The number of para-hydroxylation sites is 2. The molecule has 3 aromatic carbocycles. The summed E-state index contributed by atoms with van der Waals surface area (Å²) in [6, 6.07) is 22.6. The highest BCUT2D eigenvalue weighted by Gasteiger charge is 2.29. The molecule has 4 aromatic rings. The number of aromatic nitrogens is 1. The summed E-state index contributed by atoms with van der Waals surface area (Å²) in [7, 11) is 0. The lowest BCUT2D eigenvalue weighted by atomic mass is 9.98. The van der Waals surface area contributed by atoms with Crippen LogP contribution in [0.3, 0.4) is 0 Å². The number of carboxylic acid groups (broad SMARTS) is 1. The van der Waals surface area contributed by atoms with E-state index in [1.807, 2.05) is 60.7 Å². The predicted octanol–water partition coefficient (Wildman–Crippen LogP) is 5.44. The molecule has 0 radical (unpaired) electrons. The van der Waals surface area contributed by atoms with E-state index in [1.165, 1.54) is 11.8 Å². The normalized spacial score (nSPS) is 13.3. The fourth-order valence-corrected chi connectivity index (χ4v) is 5.23. The number of ether oxygens (including phenoxy) is 1. The lowest BCUT2D eigenvalue weighted by Gasteiger charge is -2.17. The number of amides is 1. The van der Waals surface area contributed by atoms with Gasteiger partial charge in [-0.05, 0) is 46.6 Å². The number of oxazole rings is 1. The van der Waals surface area contributed by atoms with Gasteiger partial charge >= 0.3 is 12.1 Å². The van der Waals surface area contributed by atoms with Gasteiger partial charge in [0.15, 0.2) is 5.58 Å². The van der Waals surface area contributed by atoms with E-state index in [4.69, 9.17) is 9.15 Å². The van der Waals surface area contributed by atoms with Crippen LogP contribution in [0.5, 0.6) is 0 Å². The van der Waals surface area contributed by atoms with Gasteiger partial charge < -0.3 is 19.6 Å². The molecule has 0 bridgehead atoms. The Hall–Kier alpha value is -3.78. The van der Waals surface area contributed by atoms with Crippen molar-refractivity contribution < 1.29 is 23.8 Å². The Morgan fingerprint density at radius 3 is 2.34 bits per heavy atom. The number of carbonyl (C=O) groups excluding carboxylic acids is 1. The molecule has 0 fully saturated rings. The van der Waals surface area contributed by atoms with Crippen LogP contribution in [-0.2, 0) is 15.3 Å². The molecule has 0 spiro atoms. The van der Waals surface area contributed by atoms with E-state index in [2.05, 4.69) is 22.4 Å². The summed E-state index contributed by atoms with van der Waals surface area (Å²) in [5, 5.41) is 12.1. The van der Waals surface area contributed by atoms with E-state index in [9.17, 15) is 14.7 Å². The van der Waals surface area contributed by atoms with Crippen molar-refractivity contribution in [3.63, 3.8) is 0 Å². The van der Waals surface area contributed by atoms with Crippen LogP contribution >= 0.6 is 11.8 Å². The number of nitrogens with one attached hydrogen (secondary N) is 1. The Labute approximate surface area is 206 Å². The molecular weight excluding hydrogens is 464 g/mol. The van der Waals surface area contributed by atoms with Crippen LogP contribution < -0.4 is 5.32 Å². The summed E-state index contributed by atoms with van der Waals surface area (Å²) in [5.74, 6) is 0.447. The van der Waals surface area contributed by atoms with Crippen LogP contribution in [0.1, 0.15) is 29.4 Å². The van der Waals surface area contributed by atoms with Gasteiger partial charge in [-0.3, -0.25) is 0 Å². The second kappa shape index (κ2) is 10.2. The highest BCUT2D eigenvalue weighted by Crippen LogP contribution is 2.44. The second-order valence-corrected chi connectivity index (χ2v) is 9.38. The van der Waals surface area contributed by atoms with Gasteiger partial charge in [0, 0.05) is 5.92 Å². The molecule has 5 rings (SSSR count). The van der Waals surface area contributed by atoms with Crippen molar-refractivity contribution in [3.05, 3.63) is 89.8 Å². The van der Waals surface area contributed by atoms with Gasteiger partial charge in [-0.15, -0.1) is 0 Å². The number of carbonyl (C=O) groups is 2. The van der Waals surface area contributed by atoms with E-state index >= 15 is 0 Å². The van der Waals surface area contributed by atoms with Crippen LogP contribution in [0.4, 0.5) is 4.79 Å². The molecule has 1 aliphatic rings. The SMILES string of the molecule is O=C(NC(CCSCc1nc2ccccc2o1)C(=O)O)OCC1c2ccccc2-c2ccccc21. The summed E-state index contributed by atoms with van der Waals surface area (Å²) in [6.45, 7) is 0.138. The lowest BCUT2D eigenvalue weighted by molar-refractivity contribution is -0.139. The van der Waals surface area contributed by atoms with E-state index in [-0.39, 0.29) is 18.9 Å². The molecule has 35 heavy (non-hydrogen) atoms. The third kappa shape index (κ3) is 5.02. The van der Waals surface area contributed by atoms with Crippen molar-refractivity contribution in [2.45, 2.75) is 24.1 Å². The Balaban J connectivity index is 1.13. The molecular formula is C27H24N2O5S. The molecule has 0 saturated heterocycles. The van der Waals surface area contributed by atoms with E-state index in [0.29, 0.717) is 17.4 Å². The minimum absolute atomic E-state index is 0.0803. The first-order valence-electron chi connectivity index (χ1n) is 11.4. The zero-order valence-corrected chi connectivity index (χ0v) is 19.7. The van der Waals surface area contributed by atoms with Crippen LogP contribution in [-0.4, -0.2) is 40.6 Å². The number of hydrogen-bond acceptors (Lipinski definition) is 6. The van der Waals surface area contributed by atoms with Crippen LogP contribution in [0.15, 0.2) is 77.2 Å². The standard InChI is InChI=1S/C27H24N2O5S/c30-26(31)23(13-14-35-16-25-28-22-11-5-6-12-24(22)34-25)29-27(32)33-15-21-19-9-3-1-7-17(19)18-8-2-4-10-20(18)21/h1-12,21,23H,13-16H2,(H,29,32)(H,30,31). The Kier molecular flexibility index (Phi) is 6.72. The quantitative estimate of drug-likeness (QED) is 0.302. The molecule has 8 heteroatoms. The maximum Gasteiger partial charge on any atom is 0.407 e. The number of nitrogens with zero attached hydrogens (tertiary/aromatic N) is 1. The zero-order valence-electron chi connectivity index (χ0n) is 18.8. The molecule has 0 saturated carbocycles. The van der Waals surface area contributed by atoms with E-state index < -0.39 is 18.1 Å². The largest absolute Gasteiger partial charge is 0.480 e. The van der Waals surface area contributed by atoms with Gasteiger partial charge in [0.25, 0.3) is 0 Å². The molecule has 7 nitrogen and oxygen atoms in total. The van der Waals surface area contributed by atoms with Gasteiger partial charge in [0.2, 0.25) is 5.89 Å². The van der Waals surface area contributed by atoms with Crippen LogP contribution in [0.25, 0.3) is 22.2 Å². The summed E-state index contributed by atoms with van der Waals surface area (Å²) in [5.41, 5.74) is 6.00. The summed E-state index contributed by atoms with van der Waals surface area (Å²) in [6.07, 6.45) is -0.479. The minimum Gasteiger partial charge on any atom is -0.480 e. The topological polar surface area (TPSA) is 102 Å². The first kappa shape index (κ1) is 23.0. The molecule has 1 aliphatic carbocycles. The number of hydrogen-bond donors (Lipinski definition) is 2. The average molecular weight is 489 g/mol. The van der Waals surface area contributed by atoms with E-state index in [1.54, 1.807) is 0 Å². The zero-order chi connectivity index (χ0) is 24.2. The van der Waals surface area contributed by atoms with Crippen molar-refractivity contribution >= 4 is 34.9 Å². The summed E-state index contributed by atoms with van der Waals surface area (Å²) in [4.78, 5) is 28.6. The smallest absolute Gasteiger partial charge is 0.407 e. The number of fused-ring (bicyclic) bond motifs is 4. The number of rotatable bonds is 9. The molecule has 1 amide bonds. The lowest BCUT2D eigenvalue weighted by Crippen LogP contribution is -2.41. The summed E-state index contributed by atoms with van der Waals surface area (Å²) >= 11 is 1.50.